The summed E-state index contributed by atoms with van der Waals surface area (Å²) in [6.45, 7) is 3.56. The van der Waals surface area contributed by atoms with Crippen LogP contribution in [-0.2, 0) is 20.9 Å². The number of ether oxygens (including phenoxy) is 4. The summed E-state index contributed by atoms with van der Waals surface area (Å²) in [6, 6.07) is 21.1. The van der Waals surface area contributed by atoms with E-state index in [0.717, 1.165) is 12.0 Å². The third-order valence-electron chi connectivity index (χ3n) is 6.61. The molecule has 0 saturated carbocycles. The van der Waals surface area contributed by atoms with E-state index in [1.807, 2.05) is 37.3 Å². The molecular formula is C32H35NO7. The van der Waals surface area contributed by atoms with Gasteiger partial charge in [0.1, 0.15) is 18.1 Å². The molecule has 0 spiro atoms. The van der Waals surface area contributed by atoms with Gasteiger partial charge >= 0.3 is 0 Å². The van der Waals surface area contributed by atoms with E-state index in [9.17, 15) is 14.7 Å². The van der Waals surface area contributed by atoms with Gasteiger partial charge in [0.15, 0.2) is 11.5 Å². The summed E-state index contributed by atoms with van der Waals surface area (Å²) >= 11 is 0. The smallest absolute Gasteiger partial charge is 0.295 e. The van der Waals surface area contributed by atoms with Crippen molar-refractivity contribution in [3.63, 3.8) is 0 Å². The summed E-state index contributed by atoms with van der Waals surface area (Å²) < 4.78 is 22.5. The van der Waals surface area contributed by atoms with Gasteiger partial charge in [-0.3, -0.25) is 9.59 Å². The van der Waals surface area contributed by atoms with Crippen LogP contribution in [0, 0.1) is 0 Å². The minimum Gasteiger partial charge on any atom is -0.507 e. The number of Topliss-reactive ketones (excluding diaryl/α,β-unsaturated/α-hetero) is 1. The van der Waals surface area contributed by atoms with Crippen LogP contribution in [0.2, 0.25) is 0 Å². The number of methoxy groups -OCH3 is 2. The Balaban J connectivity index is 1.74. The number of aliphatic hydroxyl groups is 1. The Morgan fingerprint density at radius 2 is 1.70 bits per heavy atom. The van der Waals surface area contributed by atoms with Crippen LogP contribution >= 0.6 is 0 Å². The summed E-state index contributed by atoms with van der Waals surface area (Å²) in [5, 5.41) is 11.4. The van der Waals surface area contributed by atoms with Gasteiger partial charge in [-0.1, -0.05) is 55.5 Å². The first-order valence-corrected chi connectivity index (χ1v) is 13.3. The van der Waals surface area contributed by atoms with Gasteiger partial charge in [-0.25, -0.2) is 0 Å². The van der Waals surface area contributed by atoms with Gasteiger partial charge in [0.25, 0.3) is 11.7 Å². The van der Waals surface area contributed by atoms with E-state index in [-0.39, 0.29) is 17.9 Å². The van der Waals surface area contributed by atoms with Crippen LogP contribution < -0.4 is 14.2 Å². The van der Waals surface area contributed by atoms with E-state index in [0.29, 0.717) is 54.6 Å². The number of benzene rings is 3. The molecule has 1 N–H and O–H groups in total. The van der Waals surface area contributed by atoms with E-state index in [1.54, 1.807) is 49.6 Å². The van der Waals surface area contributed by atoms with Crippen molar-refractivity contribution in [1.82, 2.24) is 4.90 Å². The first-order chi connectivity index (χ1) is 19.5. The molecule has 8 heteroatoms. The van der Waals surface area contributed by atoms with Crippen molar-refractivity contribution in [2.45, 2.75) is 32.4 Å². The molecule has 3 aromatic carbocycles. The van der Waals surface area contributed by atoms with Gasteiger partial charge in [0.05, 0.1) is 25.3 Å². The summed E-state index contributed by atoms with van der Waals surface area (Å²) in [7, 11) is 3.12. The molecule has 210 valence electrons. The van der Waals surface area contributed by atoms with Crippen molar-refractivity contribution in [1.29, 1.82) is 0 Å². The highest BCUT2D eigenvalue weighted by molar-refractivity contribution is 6.46. The SMILES string of the molecule is CCCOc1cccc(/C(O)=C2\C(=O)C(=O)N(CCCOC)C2c2ccc(OCc3ccccc3)c(OC)c2)c1. The van der Waals surface area contributed by atoms with Crippen molar-refractivity contribution < 1.29 is 33.6 Å². The van der Waals surface area contributed by atoms with Crippen molar-refractivity contribution in [2.24, 2.45) is 0 Å². The second kappa shape index (κ2) is 13.7. The molecule has 1 fully saturated rings. The largest absolute Gasteiger partial charge is 0.507 e. The molecule has 1 aliphatic rings. The first-order valence-electron chi connectivity index (χ1n) is 13.3. The highest BCUT2D eigenvalue weighted by Crippen LogP contribution is 2.42. The predicted octanol–water partition coefficient (Wildman–Crippen LogP) is 5.52. The number of carbonyl (C=O) groups is 2. The predicted molar refractivity (Wildman–Crippen MR) is 151 cm³/mol. The molecule has 1 aliphatic heterocycles. The maximum atomic E-state index is 13.4. The second-order valence-corrected chi connectivity index (χ2v) is 9.40. The van der Waals surface area contributed by atoms with Crippen molar-refractivity contribution >= 4 is 17.4 Å². The van der Waals surface area contributed by atoms with E-state index < -0.39 is 17.7 Å². The quantitative estimate of drug-likeness (QED) is 0.131. The number of ketones is 1. The molecular weight excluding hydrogens is 510 g/mol. The summed E-state index contributed by atoms with van der Waals surface area (Å²) in [4.78, 5) is 28.1. The molecule has 0 radical (unpaired) electrons. The van der Waals surface area contributed by atoms with Crippen LogP contribution in [0.1, 0.15) is 42.5 Å². The van der Waals surface area contributed by atoms with E-state index in [1.165, 1.54) is 12.0 Å². The van der Waals surface area contributed by atoms with Gasteiger partial charge in [-0.05, 0) is 48.2 Å². The maximum absolute atomic E-state index is 13.4. The van der Waals surface area contributed by atoms with Crippen molar-refractivity contribution in [3.05, 3.63) is 95.1 Å². The number of likely N-dealkylation sites (tertiary alicyclic amines) is 1. The van der Waals surface area contributed by atoms with Gasteiger partial charge in [0.2, 0.25) is 0 Å². The number of rotatable bonds is 13. The lowest BCUT2D eigenvalue weighted by Gasteiger charge is -2.26. The minimum atomic E-state index is -0.825. The fourth-order valence-corrected chi connectivity index (χ4v) is 4.65. The zero-order valence-electron chi connectivity index (χ0n) is 23.1. The summed E-state index contributed by atoms with van der Waals surface area (Å²) in [6.07, 6.45) is 1.35. The molecule has 3 aromatic rings. The molecule has 1 unspecified atom stereocenters. The van der Waals surface area contributed by atoms with Gasteiger partial charge in [0, 0.05) is 25.8 Å². The van der Waals surface area contributed by atoms with E-state index >= 15 is 0 Å². The highest BCUT2D eigenvalue weighted by Gasteiger charge is 2.46. The molecule has 0 aromatic heterocycles. The number of hydrogen-bond acceptors (Lipinski definition) is 7. The summed E-state index contributed by atoms with van der Waals surface area (Å²) in [5.41, 5.74) is 2.02. The Morgan fingerprint density at radius 3 is 2.42 bits per heavy atom. The standard InChI is InChI=1S/C32H35NO7/c1-4-17-39-25-13-8-12-24(19-25)30(34)28-29(33(16-9-18-37-2)32(36)31(28)35)23-14-15-26(27(20-23)38-3)40-21-22-10-6-5-7-11-22/h5-8,10-15,19-20,29,34H,4,9,16-18,21H2,1-3H3/b30-28+. The monoisotopic (exact) mass is 545 g/mol. The molecule has 1 atom stereocenters. The number of nitrogens with zero attached hydrogens (tertiary/aromatic N) is 1. The van der Waals surface area contributed by atoms with Crippen molar-refractivity contribution in [3.8, 4) is 17.2 Å². The average Bonchev–Trinajstić information content (AvgIpc) is 3.24. The number of carbonyl (C=O) groups excluding carboxylic acids is 2. The molecule has 0 bridgehead atoms. The lowest BCUT2D eigenvalue weighted by atomic mass is 9.95. The molecule has 0 aliphatic carbocycles. The topological polar surface area (TPSA) is 94.5 Å². The van der Waals surface area contributed by atoms with Crippen LogP contribution in [-0.4, -0.2) is 55.7 Å². The van der Waals surface area contributed by atoms with Crippen molar-refractivity contribution in [2.75, 3.05) is 34.0 Å². The average molecular weight is 546 g/mol. The lowest BCUT2D eigenvalue weighted by Crippen LogP contribution is -2.31. The Labute approximate surface area is 234 Å². The van der Waals surface area contributed by atoms with E-state index in [4.69, 9.17) is 18.9 Å². The van der Waals surface area contributed by atoms with E-state index in [2.05, 4.69) is 0 Å². The normalized spacial score (nSPS) is 16.3. The number of hydrogen-bond donors (Lipinski definition) is 1. The summed E-state index contributed by atoms with van der Waals surface area (Å²) in [5.74, 6) is -0.146. The zero-order valence-corrected chi connectivity index (χ0v) is 23.1. The third-order valence-corrected chi connectivity index (χ3v) is 6.61. The van der Waals surface area contributed by atoms with Gasteiger partial charge in [-0.15, -0.1) is 0 Å². The zero-order chi connectivity index (χ0) is 28.5. The Morgan fingerprint density at radius 1 is 0.900 bits per heavy atom. The maximum Gasteiger partial charge on any atom is 0.295 e. The Kier molecular flexibility index (Phi) is 9.81. The number of aliphatic hydroxyl groups excluding tert-OH is 1. The highest BCUT2D eigenvalue weighted by atomic mass is 16.5. The minimum absolute atomic E-state index is 0.00932. The molecule has 8 nitrogen and oxygen atoms in total. The molecule has 40 heavy (non-hydrogen) atoms. The second-order valence-electron chi connectivity index (χ2n) is 9.40. The molecule has 1 heterocycles. The molecule has 4 rings (SSSR count). The fraction of sp³-hybridized carbons (Fsp3) is 0.312. The third kappa shape index (κ3) is 6.46. The molecule has 1 saturated heterocycles. The van der Waals surface area contributed by atoms with Crippen LogP contribution in [0.4, 0.5) is 0 Å². The lowest BCUT2D eigenvalue weighted by molar-refractivity contribution is -0.140. The van der Waals surface area contributed by atoms with Gasteiger partial charge in [-0.2, -0.15) is 0 Å². The Bertz CT molecular complexity index is 1350. The Hall–Kier alpha value is -4.30. The fourth-order valence-electron chi connectivity index (χ4n) is 4.65. The van der Waals surface area contributed by atoms with Crippen LogP contribution in [0.5, 0.6) is 17.2 Å². The van der Waals surface area contributed by atoms with Gasteiger partial charge < -0.3 is 29.0 Å². The first kappa shape index (κ1) is 28.7. The molecule has 1 amide bonds. The van der Waals surface area contributed by atoms with Crippen LogP contribution in [0.25, 0.3) is 5.76 Å². The van der Waals surface area contributed by atoms with Crippen LogP contribution in [0.3, 0.4) is 0 Å². The van der Waals surface area contributed by atoms with Crippen LogP contribution in [0.15, 0.2) is 78.4 Å². The number of amides is 1.